The van der Waals surface area contributed by atoms with Crippen LogP contribution in [-0.2, 0) is 6.61 Å². The molecule has 1 heterocycles. The summed E-state index contributed by atoms with van der Waals surface area (Å²) in [5.74, 6) is 0.149. The Morgan fingerprint density at radius 2 is 1.88 bits per heavy atom. The fourth-order valence-electron chi connectivity index (χ4n) is 2.43. The zero-order chi connectivity index (χ0) is 17.8. The first-order chi connectivity index (χ1) is 12.1. The largest absolute Gasteiger partial charge is 0.481 e. The van der Waals surface area contributed by atoms with Crippen LogP contribution in [-0.4, -0.2) is 9.91 Å². The smallest absolute Gasteiger partial charge is 0.321 e. The van der Waals surface area contributed by atoms with Gasteiger partial charge in [0.15, 0.2) is 0 Å². The SMILES string of the molecule is Nc1cccnc1-c1ccc(Br)c(OCc2ccccc2)c1[N+](=O)[O-]. The molecule has 25 heavy (non-hydrogen) atoms. The number of ether oxygens (including phenoxy) is 1. The van der Waals surface area contributed by atoms with Crippen molar-refractivity contribution in [3.05, 3.63) is 80.9 Å². The number of nitro groups is 1. The molecule has 0 aliphatic heterocycles. The van der Waals surface area contributed by atoms with E-state index in [4.69, 9.17) is 10.5 Å². The van der Waals surface area contributed by atoms with Crippen LogP contribution in [0.3, 0.4) is 0 Å². The first-order valence-corrected chi connectivity index (χ1v) is 8.21. The lowest BCUT2D eigenvalue weighted by Gasteiger charge is -2.12. The van der Waals surface area contributed by atoms with Gasteiger partial charge in [-0.15, -0.1) is 0 Å². The number of nitrogen functional groups attached to an aromatic ring is 1. The molecule has 0 saturated heterocycles. The maximum atomic E-state index is 11.7. The third-order valence-electron chi connectivity index (χ3n) is 3.59. The van der Waals surface area contributed by atoms with Gasteiger partial charge in [0.25, 0.3) is 0 Å². The normalized spacial score (nSPS) is 10.4. The molecule has 0 aliphatic rings. The van der Waals surface area contributed by atoms with E-state index in [2.05, 4.69) is 20.9 Å². The summed E-state index contributed by atoms with van der Waals surface area (Å²) in [5, 5.41) is 11.7. The van der Waals surface area contributed by atoms with E-state index in [1.165, 1.54) is 0 Å². The second-order valence-corrected chi connectivity index (χ2v) is 6.10. The summed E-state index contributed by atoms with van der Waals surface area (Å²) in [7, 11) is 0. The minimum atomic E-state index is -0.478. The second kappa shape index (κ2) is 7.31. The highest BCUT2D eigenvalue weighted by Crippen LogP contribution is 2.43. The number of anilines is 1. The van der Waals surface area contributed by atoms with Crippen LogP contribution in [0.25, 0.3) is 11.3 Å². The Morgan fingerprint density at radius 1 is 1.12 bits per heavy atom. The molecule has 0 saturated carbocycles. The molecule has 3 aromatic rings. The summed E-state index contributed by atoms with van der Waals surface area (Å²) in [6.07, 6.45) is 1.54. The van der Waals surface area contributed by atoms with Crippen molar-refractivity contribution in [2.24, 2.45) is 0 Å². The van der Waals surface area contributed by atoms with Crippen molar-refractivity contribution < 1.29 is 9.66 Å². The van der Waals surface area contributed by atoms with Crippen molar-refractivity contribution in [2.45, 2.75) is 6.61 Å². The van der Waals surface area contributed by atoms with Crippen LogP contribution in [0.2, 0.25) is 0 Å². The lowest BCUT2D eigenvalue weighted by molar-refractivity contribution is -0.385. The van der Waals surface area contributed by atoms with Gasteiger partial charge in [0.2, 0.25) is 5.75 Å². The molecular formula is C18H14BrN3O3. The van der Waals surface area contributed by atoms with Gasteiger partial charge in [-0.3, -0.25) is 15.1 Å². The lowest BCUT2D eigenvalue weighted by Crippen LogP contribution is -2.03. The zero-order valence-corrected chi connectivity index (χ0v) is 14.6. The van der Waals surface area contributed by atoms with Crippen LogP contribution in [0.5, 0.6) is 5.75 Å². The molecule has 2 N–H and O–H groups in total. The predicted molar refractivity (Wildman–Crippen MR) is 99.2 cm³/mol. The zero-order valence-electron chi connectivity index (χ0n) is 13.1. The Bertz CT molecular complexity index is 917. The summed E-state index contributed by atoms with van der Waals surface area (Å²) in [6.45, 7) is 0.210. The van der Waals surface area contributed by atoms with E-state index in [0.29, 0.717) is 21.4 Å². The molecule has 6 nitrogen and oxygen atoms in total. The average Bonchev–Trinajstić information content (AvgIpc) is 2.62. The molecule has 2 aromatic carbocycles. The number of halogens is 1. The van der Waals surface area contributed by atoms with Crippen LogP contribution in [0.4, 0.5) is 11.4 Å². The lowest BCUT2D eigenvalue weighted by atomic mass is 10.1. The van der Waals surface area contributed by atoms with Gasteiger partial charge in [-0.25, -0.2) is 0 Å². The quantitative estimate of drug-likeness (QED) is 0.500. The number of nitrogens with zero attached hydrogens (tertiary/aromatic N) is 2. The molecule has 0 fully saturated rings. The highest BCUT2D eigenvalue weighted by molar-refractivity contribution is 9.10. The molecule has 7 heteroatoms. The van der Waals surface area contributed by atoms with E-state index in [-0.39, 0.29) is 18.0 Å². The second-order valence-electron chi connectivity index (χ2n) is 5.25. The van der Waals surface area contributed by atoms with Crippen LogP contribution in [0, 0.1) is 10.1 Å². The third-order valence-corrected chi connectivity index (χ3v) is 4.21. The maximum absolute atomic E-state index is 11.7. The number of rotatable bonds is 5. The number of aromatic nitrogens is 1. The summed E-state index contributed by atoms with van der Waals surface area (Å²) in [6, 6.07) is 16.1. The van der Waals surface area contributed by atoms with Gasteiger partial charge in [0.05, 0.1) is 20.6 Å². The molecular weight excluding hydrogens is 386 g/mol. The van der Waals surface area contributed by atoms with Gasteiger partial charge < -0.3 is 10.5 Å². The van der Waals surface area contributed by atoms with E-state index < -0.39 is 4.92 Å². The fourth-order valence-corrected chi connectivity index (χ4v) is 2.86. The molecule has 0 amide bonds. The molecule has 0 unspecified atom stereocenters. The molecule has 0 radical (unpaired) electrons. The highest BCUT2D eigenvalue weighted by Gasteiger charge is 2.26. The van der Waals surface area contributed by atoms with Crippen LogP contribution in [0.15, 0.2) is 65.3 Å². The molecule has 3 rings (SSSR count). The van der Waals surface area contributed by atoms with Gasteiger partial charge in [0, 0.05) is 6.20 Å². The Kier molecular flexibility index (Phi) is 4.95. The first-order valence-electron chi connectivity index (χ1n) is 7.42. The van der Waals surface area contributed by atoms with Crippen molar-refractivity contribution in [3.63, 3.8) is 0 Å². The van der Waals surface area contributed by atoms with Gasteiger partial charge in [-0.2, -0.15) is 0 Å². The number of hydrogen-bond acceptors (Lipinski definition) is 5. The standard InChI is InChI=1S/C18H14BrN3O3/c19-14-9-8-13(16-15(20)7-4-10-21-16)17(22(23)24)18(14)25-11-12-5-2-1-3-6-12/h1-10H,11,20H2. The number of benzene rings is 2. The molecule has 0 aliphatic carbocycles. The van der Waals surface area contributed by atoms with Crippen molar-refractivity contribution in [2.75, 3.05) is 5.73 Å². The fraction of sp³-hybridized carbons (Fsp3) is 0.0556. The van der Waals surface area contributed by atoms with Gasteiger partial charge in [-0.05, 0) is 45.8 Å². The van der Waals surface area contributed by atoms with E-state index in [1.54, 1.807) is 30.5 Å². The van der Waals surface area contributed by atoms with E-state index >= 15 is 0 Å². The minimum absolute atomic E-state index is 0.149. The number of nitro benzene ring substituents is 1. The molecule has 1 aromatic heterocycles. The van der Waals surface area contributed by atoms with Gasteiger partial charge in [0.1, 0.15) is 12.3 Å². The van der Waals surface area contributed by atoms with E-state index in [1.807, 2.05) is 30.3 Å². The molecule has 126 valence electrons. The third kappa shape index (κ3) is 3.61. The monoisotopic (exact) mass is 399 g/mol. The van der Waals surface area contributed by atoms with Crippen molar-refractivity contribution in [3.8, 4) is 17.0 Å². The van der Waals surface area contributed by atoms with Crippen molar-refractivity contribution in [1.29, 1.82) is 0 Å². The first kappa shape index (κ1) is 16.9. The van der Waals surface area contributed by atoms with E-state index in [9.17, 15) is 10.1 Å². The summed E-state index contributed by atoms with van der Waals surface area (Å²) < 4.78 is 6.25. The molecule has 0 atom stereocenters. The summed E-state index contributed by atoms with van der Waals surface area (Å²) in [4.78, 5) is 15.4. The average molecular weight is 400 g/mol. The Morgan fingerprint density at radius 3 is 2.56 bits per heavy atom. The maximum Gasteiger partial charge on any atom is 0.321 e. The Hall–Kier alpha value is -2.93. The van der Waals surface area contributed by atoms with Crippen molar-refractivity contribution in [1.82, 2.24) is 4.98 Å². The number of hydrogen-bond donors (Lipinski definition) is 1. The summed E-state index contributed by atoms with van der Waals surface area (Å²) in [5.41, 5.74) is 7.71. The topological polar surface area (TPSA) is 91.3 Å². The van der Waals surface area contributed by atoms with E-state index in [0.717, 1.165) is 5.56 Å². The van der Waals surface area contributed by atoms with Gasteiger partial charge >= 0.3 is 5.69 Å². The Labute approximate surface area is 152 Å². The van der Waals surface area contributed by atoms with Crippen LogP contribution < -0.4 is 10.5 Å². The summed E-state index contributed by atoms with van der Waals surface area (Å²) >= 11 is 3.33. The Balaban J connectivity index is 2.07. The molecule has 0 bridgehead atoms. The van der Waals surface area contributed by atoms with Crippen LogP contribution >= 0.6 is 15.9 Å². The predicted octanol–water partition coefficient (Wildman–Crippen LogP) is 4.58. The molecule has 0 spiro atoms. The minimum Gasteiger partial charge on any atom is -0.481 e. The highest BCUT2D eigenvalue weighted by atomic mass is 79.9. The number of pyridine rings is 1. The number of nitrogens with two attached hydrogens (primary N) is 1. The van der Waals surface area contributed by atoms with Gasteiger partial charge in [-0.1, -0.05) is 30.3 Å². The van der Waals surface area contributed by atoms with Crippen molar-refractivity contribution >= 4 is 27.3 Å². The van der Waals surface area contributed by atoms with Crippen LogP contribution in [0.1, 0.15) is 5.56 Å².